The molecule has 0 heterocycles. The first-order valence-electron chi connectivity index (χ1n) is 7.01. The highest BCUT2D eigenvalue weighted by molar-refractivity contribution is 5.96. The first-order valence-corrected chi connectivity index (χ1v) is 7.01. The molecule has 1 aromatic carbocycles. The molecule has 1 aliphatic carbocycles. The lowest BCUT2D eigenvalue weighted by Gasteiger charge is -2.35. The summed E-state index contributed by atoms with van der Waals surface area (Å²) in [4.78, 5) is 23.4. The maximum Gasteiger partial charge on any atom is 0.303 e. The summed E-state index contributed by atoms with van der Waals surface area (Å²) >= 11 is 0. The van der Waals surface area contributed by atoms with Gasteiger partial charge in [0.15, 0.2) is 5.78 Å². The summed E-state index contributed by atoms with van der Waals surface area (Å²) in [6, 6.07) is 5.46. The van der Waals surface area contributed by atoms with Crippen LogP contribution in [-0.2, 0) is 4.79 Å². The molecular weight excluding hydrogens is 259 g/mol. The van der Waals surface area contributed by atoms with Crippen LogP contribution in [0.3, 0.4) is 0 Å². The van der Waals surface area contributed by atoms with Crippen LogP contribution >= 0.6 is 0 Å². The van der Waals surface area contributed by atoms with E-state index in [0.29, 0.717) is 5.56 Å². The van der Waals surface area contributed by atoms with E-state index < -0.39 is 11.4 Å². The van der Waals surface area contributed by atoms with Crippen molar-refractivity contribution in [3.63, 3.8) is 0 Å². The van der Waals surface area contributed by atoms with Crippen LogP contribution in [0, 0.1) is 11.2 Å². The molecule has 4 heteroatoms. The Morgan fingerprint density at radius 2 is 1.65 bits per heavy atom. The molecule has 0 spiro atoms. The number of aliphatic carboxylic acids is 1. The number of hydrogen-bond acceptors (Lipinski definition) is 2. The zero-order valence-electron chi connectivity index (χ0n) is 11.4. The average molecular weight is 278 g/mol. The van der Waals surface area contributed by atoms with E-state index in [1.807, 2.05) is 0 Å². The van der Waals surface area contributed by atoms with Crippen molar-refractivity contribution < 1.29 is 19.1 Å². The van der Waals surface area contributed by atoms with E-state index in [9.17, 15) is 14.0 Å². The van der Waals surface area contributed by atoms with Gasteiger partial charge in [0, 0.05) is 12.0 Å². The van der Waals surface area contributed by atoms with Crippen molar-refractivity contribution in [1.29, 1.82) is 0 Å². The molecule has 1 saturated carbocycles. The predicted octanol–water partition coefficient (Wildman–Crippen LogP) is 3.82. The number of Topliss-reactive ketones (excluding diaryl/α,β-unsaturated/α-hetero) is 1. The van der Waals surface area contributed by atoms with Gasteiger partial charge in [0.1, 0.15) is 5.82 Å². The zero-order valence-corrected chi connectivity index (χ0v) is 11.4. The number of benzene rings is 1. The number of carbonyl (C=O) groups excluding carboxylic acids is 1. The Morgan fingerprint density at radius 1 is 1.05 bits per heavy atom. The SMILES string of the molecule is O=C(O)CC1(CC(=O)c2ccc(F)cc2)CCCCC1. The van der Waals surface area contributed by atoms with Crippen LogP contribution in [0.4, 0.5) is 4.39 Å². The van der Waals surface area contributed by atoms with Crippen LogP contribution in [0.25, 0.3) is 0 Å². The Balaban J connectivity index is 2.12. The van der Waals surface area contributed by atoms with Crippen molar-refractivity contribution in [1.82, 2.24) is 0 Å². The minimum atomic E-state index is -0.848. The van der Waals surface area contributed by atoms with Gasteiger partial charge in [0.05, 0.1) is 6.42 Å². The minimum Gasteiger partial charge on any atom is -0.481 e. The molecule has 2 rings (SSSR count). The summed E-state index contributed by atoms with van der Waals surface area (Å²) in [6.45, 7) is 0. The van der Waals surface area contributed by atoms with Crippen LogP contribution in [0.15, 0.2) is 24.3 Å². The molecule has 1 aromatic rings. The molecule has 1 N–H and O–H groups in total. The molecule has 1 fully saturated rings. The van der Waals surface area contributed by atoms with E-state index in [0.717, 1.165) is 32.1 Å². The molecule has 0 aromatic heterocycles. The smallest absolute Gasteiger partial charge is 0.303 e. The highest BCUT2D eigenvalue weighted by Gasteiger charge is 2.36. The first kappa shape index (κ1) is 14.7. The van der Waals surface area contributed by atoms with E-state index in [1.165, 1.54) is 24.3 Å². The van der Waals surface area contributed by atoms with Gasteiger partial charge in [-0.25, -0.2) is 4.39 Å². The molecule has 0 aliphatic heterocycles. The van der Waals surface area contributed by atoms with Gasteiger partial charge in [-0.15, -0.1) is 0 Å². The van der Waals surface area contributed by atoms with Crippen molar-refractivity contribution in [3.8, 4) is 0 Å². The van der Waals surface area contributed by atoms with Crippen LogP contribution < -0.4 is 0 Å². The summed E-state index contributed by atoms with van der Waals surface area (Å²) in [6.07, 6.45) is 4.91. The second-order valence-corrected chi connectivity index (χ2v) is 5.74. The van der Waals surface area contributed by atoms with Crippen LogP contribution in [0.1, 0.15) is 55.3 Å². The van der Waals surface area contributed by atoms with Gasteiger partial charge < -0.3 is 5.11 Å². The Hall–Kier alpha value is -1.71. The molecule has 0 unspecified atom stereocenters. The number of halogens is 1. The first-order chi connectivity index (χ1) is 9.51. The fourth-order valence-electron chi connectivity index (χ4n) is 3.12. The molecule has 20 heavy (non-hydrogen) atoms. The van der Waals surface area contributed by atoms with Gasteiger partial charge in [-0.05, 0) is 42.5 Å². The Morgan fingerprint density at radius 3 is 2.20 bits per heavy atom. The zero-order chi connectivity index (χ0) is 14.6. The minimum absolute atomic E-state index is 0.0416. The van der Waals surface area contributed by atoms with Crippen LogP contribution in [-0.4, -0.2) is 16.9 Å². The number of carboxylic acids is 1. The number of ketones is 1. The summed E-state index contributed by atoms with van der Waals surface area (Å²) in [7, 11) is 0. The summed E-state index contributed by atoms with van der Waals surface area (Å²) in [5.41, 5.74) is 0.0389. The molecule has 1 aliphatic rings. The van der Waals surface area contributed by atoms with E-state index in [-0.39, 0.29) is 24.4 Å². The molecule has 0 amide bonds. The van der Waals surface area contributed by atoms with E-state index in [4.69, 9.17) is 5.11 Å². The Kier molecular flexibility index (Phi) is 4.53. The lowest BCUT2D eigenvalue weighted by atomic mass is 9.68. The number of carboxylic acid groups (broad SMARTS) is 1. The highest BCUT2D eigenvalue weighted by atomic mass is 19.1. The van der Waals surface area contributed by atoms with E-state index in [1.54, 1.807) is 0 Å². The molecule has 0 saturated heterocycles. The predicted molar refractivity (Wildman–Crippen MR) is 73.1 cm³/mol. The molecule has 3 nitrogen and oxygen atoms in total. The highest BCUT2D eigenvalue weighted by Crippen LogP contribution is 2.43. The summed E-state index contributed by atoms with van der Waals surface area (Å²) in [5.74, 6) is -1.31. The Bertz CT molecular complexity index is 487. The lowest BCUT2D eigenvalue weighted by Crippen LogP contribution is -2.30. The maximum atomic E-state index is 12.9. The summed E-state index contributed by atoms with van der Waals surface area (Å²) in [5, 5.41) is 9.09. The third kappa shape index (κ3) is 3.65. The quantitative estimate of drug-likeness (QED) is 0.833. The van der Waals surface area contributed by atoms with Gasteiger partial charge in [-0.1, -0.05) is 19.3 Å². The standard InChI is InChI=1S/C16H19FO3/c17-13-6-4-12(5-7-13)14(18)10-16(11-15(19)20)8-2-1-3-9-16/h4-7H,1-3,8-11H2,(H,19,20). The van der Waals surface area contributed by atoms with Gasteiger partial charge in [-0.3, -0.25) is 9.59 Å². The Labute approximate surface area is 117 Å². The molecule has 0 atom stereocenters. The number of rotatable bonds is 5. The second kappa shape index (κ2) is 6.16. The number of hydrogen-bond donors (Lipinski definition) is 1. The third-order valence-corrected chi connectivity index (χ3v) is 4.14. The monoisotopic (exact) mass is 278 g/mol. The van der Waals surface area contributed by atoms with E-state index in [2.05, 4.69) is 0 Å². The largest absolute Gasteiger partial charge is 0.481 e. The van der Waals surface area contributed by atoms with Crippen LogP contribution in [0.5, 0.6) is 0 Å². The molecule has 108 valence electrons. The fourth-order valence-corrected chi connectivity index (χ4v) is 3.12. The lowest BCUT2D eigenvalue weighted by molar-refractivity contribution is -0.140. The molecular formula is C16H19FO3. The van der Waals surface area contributed by atoms with Gasteiger partial charge in [0.25, 0.3) is 0 Å². The maximum absolute atomic E-state index is 12.9. The molecule has 0 radical (unpaired) electrons. The normalized spacial score (nSPS) is 17.6. The van der Waals surface area contributed by atoms with Crippen molar-refractivity contribution >= 4 is 11.8 Å². The third-order valence-electron chi connectivity index (χ3n) is 4.14. The molecule has 0 bridgehead atoms. The summed E-state index contributed by atoms with van der Waals surface area (Å²) < 4.78 is 12.9. The van der Waals surface area contributed by atoms with Gasteiger partial charge >= 0.3 is 5.97 Å². The van der Waals surface area contributed by atoms with E-state index >= 15 is 0 Å². The van der Waals surface area contributed by atoms with Crippen molar-refractivity contribution in [2.45, 2.75) is 44.9 Å². The van der Waals surface area contributed by atoms with Crippen molar-refractivity contribution in [2.75, 3.05) is 0 Å². The second-order valence-electron chi connectivity index (χ2n) is 5.74. The average Bonchev–Trinajstić information content (AvgIpc) is 2.39. The van der Waals surface area contributed by atoms with Crippen molar-refractivity contribution in [3.05, 3.63) is 35.6 Å². The fraction of sp³-hybridized carbons (Fsp3) is 0.500. The number of carbonyl (C=O) groups is 2. The van der Waals surface area contributed by atoms with Crippen molar-refractivity contribution in [2.24, 2.45) is 5.41 Å². The topological polar surface area (TPSA) is 54.4 Å². The van der Waals surface area contributed by atoms with Gasteiger partial charge in [-0.2, -0.15) is 0 Å². The van der Waals surface area contributed by atoms with Gasteiger partial charge in [0.2, 0.25) is 0 Å². The van der Waals surface area contributed by atoms with Crippen LogP contribution in [0.2, 0.25) is 0 Å².